The summed E-state index contributed by atoms with van der Waals surface area (Å²) in [6.07, 6.45) is 0.643. The second-order valence-corrected chi connectivity index (χ2v) is 6.38. The van der Waals surface area contributed by atoms with Crippen molar-refractivity contribution in [3.63, 3.8) is 0 Å². The molecule has 0 spiro atoms. The Labute approximate surface area is 135 Å². The molecule has 1 fully saturated rings. The molecule has 23 heavy (non-hydrogen) atoms. The number of fused-ring (bicyclic) bond motifs is 1. The molecule has 2 atom stereocenters. The van der Waals surface area contributed by atoms with Crippen molar-refractivity contribution in [3.05, 3.63) is 34.9 Å². The molecule has 2 aliphatic heterocycles. The molecule has 0 radical (unpaired) electrons. The number of ether oxygens (including phenoxy) is 1. The minimum Gasteiger partial charge on any atom is -0.391 e. The van der Waals surface area contributed by atoms with Gasteiger partial charge in [-0.15, -0.1) is 0 Å². The van der Waals surface area contributed by atoms with Crippen LogP contribution in [-0.4, -0.2) is 47.6 Å². The van der Waals surface area contributed by atoms with Gasteiger partial charge in [0.05, 0.1) is 25.7 Å². The van der Waals surface area contributed by atoms with Crippen LogP contribution < -0.4 is 5.73 Å². The number of primary amides is 1. The molecule has 2 aliphatic rings. The van der Waals surface area contributed by atoms with Gasteiger partial charge in [-0.3, -0.25) is 9.59 Å². The van der Waals surface area contributed by atoms with Crippen LogP contribution in [0.15, 0.2) is 18.2 Å². The summed E-state index contributed by atoms with van der Waals surface area (Å²) in [6, 6.07) is 6.07. The first-order chi connectivity index (χ1) is 11.0. The monoisotopic (exact) mass is 318 g/mol. The normalized spacial score (nSPS) is 23.6. The lowest BCUT2D eigenvalue weighted by atomic mass is 9.99. The number of aliphatic hydroxyl groups is 1. The number of rotatable bonds is 4. The Kier molecular flexibility index (Phi) is 4.63. The molecule has 0 aromatic heterocycles. The SMILES string of the molecule is NC(=O)C[C@@H]1CN(C(=O)Cc2ccc3c(c2)COCC3)C[C@H]1O. The number of hydrogen-bond donors (Lipinski definition) is 2. The Hall–Kier alpha value is -1.92. The maximum absolute atomic E-state index is 12.4. The van der Waals surface area contributed by atoms with Gasteiger partial charge in [0.2, 0.25) is 11.8 Å². The Balaban J connectivity index is 1.62. The lowest BCUT2D eigenvalue weighted by Crippen LogP contribution is -2.31. The first-order valence-corrected chi connectivity index (χ1v) is 7.95. The van der Waals surface area contributed by atoms with Gasteiger partial charge in [0.15, 0.2) is 0 Å². The number of β-amino-alcohol motifs (C(OH)–C–C–N with tert-alkyl or cyclic N) is 1. The van der Waals surface area contributed by atoms with Crippen molar-refractivity contribution in [2.24, 2.45) is 11.7 Å². The third-order valence-corrected chi connectivity index (χ3v) is 4.62. The number of carbonyl (C=O) groups is 2. The highest BCUT2D eigenvalue weighted by molar-refractivity contribution is 5.79. The molecule has 6 heteroatoms. The molecule has 1 aromatic carbocycles. The third-order valence-electron chi connectivity index (χ3n) is 4.62. The highest BCUT2D eigenvalue weighted by Crippen LogP contribution is 2.22. The standard InChI is InChI=1S/C17H22N2O4/c18-16(21)7-13-8-19(9-15(13)20)17(22)6-11-1-2-12-3-4-23-10-14(12)5-11/h1-2,5,13,15,20H,3-4,6-10H2,(H2,18,21)/t13-,15-/m1/s1. The average Bonchev–Trinajstić information content (AvgIpc) is 2.87. The molecular weight excluding hydrogens is 296 g/mol. The third kappa shape index (κ3) is 3.71. The van der Waals surface area contributed by atoms with E-state index in [1.54, 1.807) is 4.90 Å². The first-order valence-electron chi connectivity index (χ1n) is 7.95. The summed E-state index contributed by atoms with van der Waals surface area (Å²) in [4.78, 5) is 25.0. The highest BCUT2D eigenvalue weighted by atomic mass is 16.5. The molecular formula is C17H22N2O4. The van der Waals surface area contributed by atoms with Crippen molar-refractivity contribution < 1.29 is 19.4 Å². The summed E-state index contributed by atoms with van der Waals surface area (Å²) in [5.41, 5.74) is 8.56. The topological polar surface area (TPSA) is 92.9 Å². The van der Waals surface area contributed by atoms with Crippen LogP contribution in [0.25, 0.3) is 0 Å². The van der Waals surface area contributed by atoms with E-state index in [4.69, 9.17) is 10.5 Å². The maximum atomic E-state index is 12.4. The van der Waals surface area contributed by atoms with Gasteiger partial charge in [-0.2, -0.15) is 0 Å². The average molecular weight is 318 g/mol. The summed E-state index contributed by atoms with van der Waals surface area (Å²) in [5.74, 6) is -0.737. The van der Waals surface area contributed by atoms with Crippen LogP contribution in [0.5, 0.6) is 0 Å². The number of nitrogens with two attached hydrogens (primary N) is 1. The predicted molar refractivity (Wildman–Crippen MR) is 83.4 cm³/mol. The number of carbonyl (C=O) groups excluding carboxylic acids is 2. The van der Waals surface area contributed by atoms with Crippen molar-refractivity contribution in [1.82, 2.24) is 4.90 Å². The van der Waals surface area contributed by atoms with Crippen molar-refractivity contribution in [1.29, 1.82) is 0 Å². The van der Waals surface area contributed by atoms with Crippen molar-refractivity contribution in [3.8, 4) is 0 Å². The molecule has 6 nitrogen and oxygen atoms in total. The molecule has 0 unspecified atom stereocenters. The van der Waals surface area contributed by atoms with Crippen LogP contribution in [-0.2, 0) is 33.8 Å². The van der Waals surface area contributed by atoms with E-state index in [1.165, 1.54) is 5.56 Å². The van der Waals surface area contributed by atoms with Gasteiger partial charge >= 0.3 is 0 Å². The minimum atomic E-state index is -0.677. The summed E-state index contributed by atoms with van der Waals surface area (Å²) in [6.45, 7) is 2.00. The van der Waals surface area contributed by atoms with Crippen LogP contribution in [0.1, 0.15) is 23.1 Å². The van der Waals surface area contributed by atoms with Gasteiger partial charge in [-0.25, -0.2) is 0 Å². The van der Waals surface area contributed by atoms with Crippen LogP contribution in [0.2, 0.25) is 0 Å². The number of aliphatic hydroxyl groups excluding tert-OH is 1. The van der Waals surface area contributed by atoms with Gasteiger partial charge in [-0.1, -0.05) is 18.2 Å². The van der Waals surface area contributed by atoms with E-state index in [-0.39, 0.29) is 24.8 Å². The van der Waals surface area contributed by atoms with Gasteiger partial charge in [-0.05, 0) is 23.1 Å². The fourth-order valence-corrected chi connectivity index (χ4v) is 3.33. The summed E-state index contributed by atoms with van der Waals surface area (Å²) < 4.78 is 5.45. The Morgan fingerprint density at radius 1 is 1.30 bits per heavy atom. The fourth-order valence-electron chi connectivity index (χ4n) is 3.33. The van der Waals surface area contributed by atoms with Crippen molar-refractivity contribution >= 4 is 11.8 Å². The summed E-state index contributed by atoms with van der Waals surface area (Å²) >= 11 is 0. The second-order valence-electron chi connectivity index (χ2n) is 6.38. The molecule has 3 N–H and O–H groups in total. The van der Waals surface area contributed by atoms with E-state index in [2.05, 4.69) is 6.07 Å². The molecule has 3 rings (SSSR count). The Bertz CT molecular complexity index is 617. The zero-order valence-electron chi connectivity index (χ0n) is 13.0. The zero-order valence-corrected chi connectivity index (χ0v) is 13.0. The lowest BCUT2D eigenvalue weighted by molar-refractivity contribution is -0.130. The number of nitrogens with zero attached hydrogens (tertiary/aromatic N) is 1. The molecule has 2 heterocycles. The highest BCUT2D eigenvalue weighted by Gasteiger charge is 2.34. The summed E-state index contributed by atoms with van der Waals surface area (Å²) in [5, 5.41) is 9.96. The van der Waals surface area contributed by atoms with Gasteiger partial charge < -0.3 is 20.5 Å². The quantitative estimate of drug-likeness (QED) is 0.817. The van der Waals surface area contributed by atoms with E-state index in [0.717, 1.165) is 24.2 Å². The van der Waals surface area contributed by atoms with Gasteiger partial charge in [0.25, 0.3) is 0 Å². The van der Waals surface area contributed by atoms with Gasteiger partial charge in [0, 0.05) is 25.4 Å². The fraction of sp³-hybridized carbons (Fsp3) is 0.529. The molecule has 0 saturated carbocycles. The van der Waals surface area contributed by atoms with E-state index in [1.807, 2.05) is 12.1 Å². The number of hydrogen-bond acceptors (Lipinski definition) is 4. The molecule has 0 aliphatic carbocycles. The summed E-state index contributed by atoms with van der Waals surface area (Å²) in [7, 11) is 0. The lowest BCUT2D eigenvalue weighted by Gasteiger charge is -2.19. The molecule has 2 amide bonds. The number of benzene rings is 1. The zero-order chi connectivity index (χ0) is 16.4. The minimum absolute atomic E-state index is 0.0345. The van der Waals surface area contributed by atoms with E-state index in [0.29, 0.717) is 19.6 Å². The van der Waals surface area contributed by atoms with E-state index >= 15 is 0 Å². The predicted octanol–water partition coefficient (Wildman–Crippen LogP) is -0.00350. The number of likely N-dealkylation sites (tertiary alicyclic amines) is 1. The van der Waals surface area contributed by atoms with E-state index < -0.39 is 12.0 Å². The molecule has 0 bridgehead atoms. The van der Waals surface area contributed by atoms with Gasteiger partial charge in [0.1, 0.15) is 0 Å². The van der Waals surface area contributed by atoms with Crippen molar-refractivity contribution in [2.45, 2.75) is 32.0 Å². The first kappa shape index (κ1) is 16.0. The second kappa shape index (κ2) is 6.68. The molecule has 1 saturated heterocycles. The van der Waals surface area contributed by atoms with Crippen LogP contribution in [0, 0.1) is 5.92 Å². The Morgan fingerprint density at radius 3 is 2.91 bits per heavy atom. The maximum Gasteiger partial charge on any atom is 0.227 e. The molecule has 1 aromatic rings. The largest absolute Gasteiger partial charge is 0.391 e. The van der Waals surface area contributed by atoms with Crippen LogP contribution >= 0.6 is 0 Å². The Morgan fingerprint density at radius 2 is 2.13 bits per heavy atom. The van der Waals surface area contributed by atoms with Crippen LogP contribution in [0.3, 0.4) is 0 Å². The van der Waals surface area contributed by atoms with E-state index in [9.17, 15) is 14.7 Å². The van der Waals surface area contributed by atoms with Crippen molar-refractivity contribution in [2.75, 3.05) is 19.7 Å². The van der Waals surface area contributed by atoms with Crippen LogP contribution in [0.4, 0.5) is 0 Å². The molecule has 124 valence electrons. The smallest absolute Gasteiger partial charge is 0.227 e. The number of amides is 2.